The van der Waals surface area contributed by atoms with Gasteiger partial charge in [-0.1, -0.05) is 6.07 Å². The van der Waals surface area contributed by atoms with Gasteiger partial charge in [-0.05, 0) is 30.7 Å². The van der Waals surface area contributed by atoms with Gasteiger partial charge in [-0.2, -0.15) is 0 Å². The van der Waals surface area contributed by atoms with E-state index < -0.39 is 0 Å². The summed E-state index contributed by atoms with van der Waals surface area (Å²) in [5.74, 6) is 0.289. The summed E-state index contributed by atoms with van der Waals surface area (Å²) in [5.41, 5.74) is 0. The molecule has 104 valence electrons. The Bertz CT molecular complexity index is 417. The van der Waals surface area contributed by atoms with Crippen LogP contribution in [-0.2, 0) is 16.0 Å². The smallest absolute Gasteiger partial charge is 0.222 e. The van der Waals surface area contributed by atoms with Gasteiger partial charge in [0.15, 0.2) is 0 Å². The predicted molar refractivity (Wildman–Crippen MR) is 76.1 cm³/mol. The average molecular weight is 280 g/mol. The Kier molecular flexibility index (Phi) is 5.39. The number of thiophene rings is 1. The van der Waals surface area contributed by atoms with Crippen molar-refractivity contribution >= 4 is 23.2 Å². The number of aryl methyl sites for hydroxylation is 1. The second kappa shape index (κ2) is 7.28. The molecule has 5 heteroatoms. The Hall–Kier alpha value is -1.36. The van der Waals surface area contributed by atoms with Gasteiger partial charge in [0.25, 0.3) is 0 Å². The van der Waals surface area contributed by atoms with Crippen LogP contribution in [0.1, 0.15) is 30.6 Å². The highest BCUT2D eigenvalue weighted by atomic mass is 32.1. The molecule has 0 radical (unpaired) electrons. The van der Waals surface area contributed by atoms with E-state index >= 15 is 0 Å². The highest BCUT2D eigenvalue weighted by Gasteiger charge is 2.17. The molecule has 0 saturated carbocycles. The number of nitrogens with zero attached hydrogens (tertiary/aromatic N) is 1. The highest BCUT2D eigenvalue weighted by molar-refractivity contribution is 7.09. The summed E-state index contributed by atoms with van der Waals surface area (Å²) < 4.78 is 0. The van der Waals surface area contributed by atoms with E-state index in [0.717, 1.165) is 25.8 Å². The third kappa shape index (κ3) is 4.67. The van der Waals surface area contributed by atoms with Crippen molar-refractivity contribution in [2.45, 2.75) is 32.1 Å². The van der Waals surface area contributed by atoms with Crippen LogP contribution in [0.15, 0.2) is 17.5 Å². The molecule has 1 aromatic rings. The van der Waals surface area contributed by atoms with E-state index in [0.29, 0.717) is 25.9 Å². The maximum Gasteiger partial charge on any atom is 0.222 e. The molecule has 1 aliphatic rings. The zero-order valence-corrected chi connectivity index (χ0v) is 11.9. The van der Waals surface area contributed by atoms with Crippen LogP contribution in [0.5, 0.6) is 0 Å². The molecule has 1 N–H and O–H groups in total. The summed E-state index contributed by atoms with van der Waals surface area (Å²) in [6.07, 6.45) is 4.06. The van der Waals surface area contributed by atoms with Gasteiger partial charge in [0.05, 0.1) is 0 Å². The van der Waals surface area contributed by atoms with Crippen molar-refractivity contribution < 1.29 is 9.59 Å². The summed E-state index contributed by atoms with van der Waals surface area (Å²) in [4.78, 5) is 26.3. The monoisotopic (exact) mass is 280 g/mol. The Labute approximate surface area is 117 Å². The minimum absolute atomic E-state index is 0.0675. The normalized spacial score (nSPS) is 15.6. The van der Waals surface area contributed by atoms with E-state index in [1.54, 1.807) is 11.3 Å². The number of carbonyl (C=O) groups excluding carboxylic acids is 2. The summed E-state index contributed by atoms with van der Waals surface area (Å²) in [6, 6.07) is 4.05. The van der Waals surface area contributed by atoms with E-state index in [9.17, 15) is 9.59 Å². The predicted octanol–water partition coefficient (Wildman–Crippen LogP) is 1.81. The standard InChI is InChI=1S/C14H20N2O2S/c17-13(7-6-12-4-3-11-19-12)15-8-10-16-9-2-1-5-14(16)18/h3-4,11H,1-2,5-10H2,(H,15,17). The van der Waals surface area contributed by atoms with Crippen LogP contribution < -0.4 is 5.32 Å². The van der Waals surface area contributed by atoms with Crippen molar-refractivity contribution in [3.8, 4) is 0 Å². The van der Waals surface area contributed by atoms with Gasteiger partial charge in [-0.3, -0.25) is 9.59 Å². The van der Waals surface area contributed by atoms with Crippen LogP contribution in [0.2, 0.25) is 0 Å². The summed E-state index contributed by atoms with van der Waals surface area (Å²) in [6.45, 7) is 2.04. The van der Waals surface area contributed by atoms with Crippen molar-refractivity contribution in [1.29, 1.82) is 0 Å². The molecule has 1 aliphatic heterocycles. The van der Waals surface area contributed by atoms with Gasteiger partial charge < -0.3 is 10.2 Å². The first-order chi connectivity index (χ1) is 9.25. The van der Waals surface area contributed by atoms with Crippen molar-refractivity contribution in [2.24, 2.45) is 0 Å². The molecule has 0 aliphatic carbocycles. The molecular weight excluding hydrogens is 260 g/mol. The van der Waals surface area contributed by atoms with Crippen LogP contribution in [-0.4, -0.2) is 36.3 Å². The first-order valence-electron chi connectivity index (χ1n) is 6.82. The lowest BCUT2D eigenvalue weighted by molar-refractivity contribution is -0.133. The maximum absolute atomic E-state index is 11.7. The molecule has 1 saturated heterocycles. The minimum atomic E-state index is 0.0675. The lowest BCUT2D eigenvalue weighted by atomic mass is 10.1. The van der Waals surface area contributed by atoms with E-state index in [4.69, 9.17) is 0 Å². The Balaban J connectivity index is 1.59. The fourth-order valence-electron chi connectivity index (χ4n) is 2.21. The quantitative estimate of drug-likeness (QED) is 0.864. The molecule has 1 fully saturated rings. The first-order valence-corrected chi connectivity index (χ1v) is 7.70. The maximum atomic E-state index is 11.7. The van der Waals surface area contributed by atoms with Crippen molar-refractivity contribution in [3.05, 3.63) is 22.4 Å². The molecule has 0 bridgehead atoms. The fraction of sp³-hybridized carbons (Fsp3) is 0.571. The number of carbonyl (C=O) groups is 2. The zero-order valence-electron chi connectivity index (χ0n) is 11.1. The van der Waals surface area contributed by atoms with Crippen molar-refractivity contribution in [3.63, 3.8) is 0 Å². The second-order valence-corrected chi connectivity index (χ2v) is 5.80. The Morgan fingerprint density at radius 1 is 1.42 bits per heavy atom. The summed E-state index contributed by atoms with van der Waals surface area (Å²) >= 11 is 1.68. The van der Waals surface area contributed by atoms with Gasteiger partial charge in [0.2, 0.25) is 11.8 Å². The molecule has 1 aromatic heterocycles. The third-order valence-electron chi connectivity index (χ3n) is 3.30. The number of likely N-dealkylation sites (tertiary alicyclic amines) is 1. The Morgan fingerprint density at radius 3 is 3.05 bits per heavy atom. The van der Waals surface area contributed by atoms with Gasteiger partial charge >= 0.3 is 0 Å². The topological polar surface area (TPSA) is 49.4 Å². The molecule has 0 unspecified atom stereocenters. The van der Waals surface area contributed by atoms with Gasteiger partial charge in [0.1, 0.15) is 0 Å². The second-order valence-electron chi connectivity index (χ2n) is 4.77. The molecule has 2 rings (SSSR count). The number of amides is 2. The van der Waals surface area contributed by atoms with Crippen LogP contribution in [0, 0.1) is 0 Å². The van der Waals surface area contributed by atoms with Crippen molar-refractivity contribution in [2.75, 3.05) is 19.6 Å². The molecule has 19 heavy (non-hydrogen) atoms. The molecule has 2 amide bonds. The Morgan fingerprint density at radius 2 is 2.32 bits per heavy atom. The van der Waals surface area contributed by atoms with E-state index in [1.807, 2.05) is 22.4 Å². The van der Waals surface area contributed by atoms with Crippen LogP contribution in [0.4, 0.5) is 0 Å². The number of hydrogen-bond acceptors (Lipinski definition) is 3. The molecule has 2 heterocycles. The first kappa shape index (κ1) is 14.1. The molecule has 0 aromatic carbocycles. The van der Waals surface area contributed by atoms with Gasteiger partial charge in [0, 0.05) is 37.4 Å². The number of rotatable bonds is 6. The molecule has 4 nitrogen and oxygen atoms in total. The molecule has 0 spiro atoms. The SMILES string of the molecule is O=C(CCc1cccs1)NCCN1CCCCC1=O. The van der Waals surface area contributed by atoms with Crippen LogP contribution in [0.3, 0.4) is 0 Å². The van der Waals surface area contributed by atoms with Gasteiger partial charge in [-0.15, -0.1) is 11.3 Å². The van der Waals surface area contributed by atoms with E-state index in [2.05, 4.69) is 5.32 Å². The lowest BCUT2D eigenvalue weighted by Gasteiger charge is -2.26. The van der Waals surface area contributed by atoms with Crippen LogP contribution >= 0.6 is 11.3 Å². The van der Waals surface area contributed by atoms with Gasteiger partial charge in [-0.25, -0.2) is 0 Å². The zero-order chi connectivity index (χ0) is 13.5. The average Bonchev–Trinajstić information content (AvgIpc) is 2.92. The molecular formula is C14H20N2O2S. The largest absolute Gasteiger partial charge is 0.354 e. The summed E-state index contributed by atoms with van der Waals surface area (Å²) in [7, 11) is 0. The molecule has 0 atom stereocenters. The lowest BCUT2D eigenvalue weighted by Crippen LogP contribution is -2.41. The minimum Gasteiger partial charge on any atom is -0.354 e. The number of piperidine rings is 1. The van der Waals surface area contributed by atoms with Crippen LogP contribution in [0.25, 0.3) is 0 Å². The fourth-order valence-corrected chi connectivity index (χ4v) is 2.92. The van der Waals surface area contributed by atoms with E-state index in [-0.39, 0.29) is 11.8 Å². The number of hydrogen-bond donors (Lipinski definition) is 1. The number of nitrogens with one attached hydrogen (secondary N) is 1. The summed E-state index contributed by atoms with van der Waals surface area (Å²) in [5, 5.41) is 4.91. The highest BCUT2D eigenvalue weighted by Crippen LogP contribution is 2.11. The van der Waals surface area contributed by atoms with Crippen molar-refractivity contribution in [1.82, 2.24) is 10.2 Å². The van der Waals surface area contributed by atoms with E-state index in [1.165, 1.54) is 4.88 Å². The third-order valence-corrected chi connectivity index (χ3v) is 4.24.